The summed E-state index contributed by atoms with van der Waals surface area (Å²) in [6, 6.07) is 11.2. The van der Waals surface area contributed by atoms with Gasteiger partial charge in [0, 0.05) is 18.8 Å². The maximum absolute atomic E-state index is 13.4. The average molecular weight is 354 g/mol. The molecule has 5 heteroatoms. The van der Waals surface area contributed by atoms with Gasteiger partial charge < -0.3 is 10.4 Å². The Balaban J connectivity index is 1.64. The molecular formula is C21H23FN2O2. The van der Waals surface area contributed by atoms with Crippen molar-refractivity contribution in [1.82, 2.24) is 4.90 Å². The maximum Gasteiger partial charge on any atom is 0.241 e. The SMILES string of the molecule is Cc1ccc(F)cc1NC(=O)C(C)N1CC=C(c2ccc(O)cc2)CC1. The number of halogens is 1. The van der Waals surface area contributed by atoms with Crippen LogP contribution >= 0.6 is 0 Å². The first-order valence-electron chi connectivity index (χ1n) is 8.73. The lowest BCUT2D eigenvalue weighted by molar-refractivity contribution is -0.120. The lowest BCUT2D eigenvalue weighted by Gasteiger charge is -2.31. The van der Waals surface area contributed by atoms with E-state index in [4.69, 9.17) is 0 Å². The predicted octanol–water partition coefficient (Wildman–Crippen LogP) is 3.96. The highest BCUT2D eigenvalue weighted by Gasteiger charge is 2.24. The second-order valence-electron chi connectivity index (χ2n) is 6.65. The van der Waals surface area contributed by atoms with Gasteiger partial charge in [-0.05, 0) is 61.2 Å². The molecule has 1 amide bonds. The fraction of sp³-hybridized carbons (Fsp3) is 0.286. The summed E-state index contributed by atoms with van der Waals surface area (Å²) in [4.78, 5) is 14.6. The number of anilines is 1. The first kappa shape index (κ1) is 18.1. The zero-order chi connectivity index (χ0) is 18.7. The average Bonchev–Trinajstić information content (AvgIpc) is 2.65. The van der Waals surface area contributed by atoms with Crippen LogP contribution < -0.4 is 5.32 Å². The van der Waals surface area contributed by atoms with Gasteiger partial charge in [-0.25, -0.2) is 4.39 Å². The van der Waals surface area contributed by atoms with Crippen LogP contribution in [0, 0.1) is 12.7 Å². The molecule has 0 saturated carbocycles. The smallest absolute Gasteiger partial charge is 0.241 e. The molecule has 4 nitrogen and oxygen atoms in total. The molecule has 0 radical (unpaired) electrons. The van der Waals surface area contributed by atoms with Gasteiger partial charge in [-0.15, -0.1) is 0 Å². The van der Waals surface area contributed by atoms with Crippen molar-refractivity contribution in [2.75, 3.05) is 18.4 Å². The van der Waals surface area contributed by atoms with E-state index in [1.165, 1.54) is 17.7 Å². The Morgan fingerprint density at radius 1 is 1.23 bits per heavy atom. The van der Waals surface area contributed by atoms with Crippen molar-refractivity contribution in [1.29, 1.82) is 0 Å². The summed E-state index contributed by atoms with van der Waals surface area (Å²) in [5, 5.41) is 12.2. The number of carbonyl (C=O) groups is 1. The molecule has 3 rings (SSSR count). The summed E-state index contributed by atoms with van der Waals surface area (Å²) in [5.41, 5.74) is 3.66. The second-order valence-corrected chi connectivity index (χ2v) is 6.65. The number of benzene rings is 2. The highest BCUT2D eigenvalue weighted by Crippen LogP contribution is 2.25. The molecule has 0 bridgehead atoms. The molecule has 0 aromatic heterocycles. The highest BCUT2D eigenvalue weighted by atomic mass is 19.1. The molecule has 1 atom stereocenters. The Labute approximate surface area is 153 Å². The summed E-state index contributed by atoms with van der Waals surface area (Å²) in [6.07, 6.45) is 2.95. The normalized spacial score (nSPS) is 16.0. The zero-order valence-electron chi connectivity index (χ0n) is 15.0. The Bertz CT molecular complexity index is 830. The Hall–Kier alpha value is -2.66. The Morgan fingerprint density at radius 2 is 1.96 bits per heavy atom. The summed E-state index contributed by atoms with van der Waals surface area (Å²) in [6.45, 7) is 5.15. The molecule has 0 saturated heterocycles. The van der Waals surface area contributed by atoms with Crippen molar-refractivity contribution in [2.45, 2.75) is 26.3 Å². The molecule has 1 unspecified atom stereocenters. The molecular weight excluding hydrogens is 331 g/mol. The summed E-state index contributed by atoms with van der Waals surface area (Å²) < 4.78 is 13.4. The number of amides is 1. The first-order chi connectivity index (χ1) is 12.4. The number of nitrogens with one attached hydrogen (secondary N) is 1. The molecule has 1 heterocycles. The van der Waals surface area contributed by atoms with Crippen LogP contribution in [-0.2, 0) is 4.79 Å². The van der Waals surface area contributed by atoms with E-state index in [9.17, 15) is 14.3 Å². The van der Waals surface area contributed by atoms with Crippen LogP contribution in [-0.4, -0.2) is 35.0 Å². The van der Waals surface area contributed by atoms with Crippen LogP contribution in [0.2, 0.25) is 0 Å². The third kappa shape index (κ3) is 4.11. The molecule has 1 aliphatic heterocycles. The number of nitrogens with zero attached hydrogens (tertiary/aromatic N) is 1. The summed E-state index contributed by atoms with van der Waals surface area (Å²) in [7, 11) is 0. The quantitative estimate of drug-likeness (QED) is 0.874. The number of aryl methyl sites for hydroxylation is 1. The number of rotatable bonds is 4. The number of hydrogen-bond acceptors (Lipinski definition) is 3. The molecule has 2 aromatic rings. The van der Waals surface area contributed by atoms with Crippen molar-refractivity contribution in [3.8, 4) is 5.75 Å². The number of hydrogen-bond donors (Lipinski definition) is 2. The van der Waals surface area contributed by atoms with Gasteiger partial charge >= 0.3 is 0 Å². The minimum Gasteiger partial charge on any atom is -0.508 e. The molecule has 1 aliphatic rings. The van der Waals surface area contributed by atoms with Crippen molar-refractivity contribution in [3.05, 3.63) is 65.5 Å². The molecule has 2 N–H and O–H groups in total. The van der Waals surface area contributed by atoms with Gasteiger partial charge in [0.15, 0.2) is 0 Å². The van der Waals surface area contributed by atoms with E-state index in [0.29, 0.717) is 12.2 Å². The van der Waals surface area contributed by atoms with E-state index in [0.717, 1.165) is 24.1 Å². The zero-order valence-corrected chi connectivity index (χ0v) is 15.0. The van der Waals surface area contributed by atoms with Crippen LogP contribution in [0.15, 0.2) is 48.5 Å². The third-order valence-electron chi connectivity index (χ3n) is 4.86. The second kappa shape index (κ2) is 7.70. The van der Waals surface area contributed by atoms with Gasteiger partial charge in [-0.2, -0.15) is 0 Å². The molecule has 0 spiro atoms. The van der Waals surface area contributed by atoms with Gasteiger partial charge in [-0.1, -0.05) is 24.3 Å². The topological polar surface area (TPSA) is 52.6 Å². The predicted molar refractivity (Wildman–Crippen MR) is 102 cm³/mol. The lowest BCUT2D eigenvalue weighted by atomic mass is 9.98. The van der Waals surface area contributed by atoms with Crippen molar-refractivity contribution in [3.63, 3.8) is 0 Å². The van der Waals surface area contributed by atoms with Crippen LogP contribution in [0.25, 0.3) is 5.57 Å². The molecule has 26 heavy (non-hydrogen) atoms. The first-order valence-corrected chi connectivity index (χ1v) is 8.73. The molecule has 136 valence electrons. The van der Waals surface area contributed by atoms with E-state index in [-0.39, 0.29) is 23.5 Å². The van der Waals surface area contributed by atoms with E-state index in [2.05, 4.69) is 16.3 Å². The van der Waals surface area contributed by atoms with E-state index in [1.54, 1.807) is 18.2 Å². The van der Waals surface area contributed by atoms with E-state index < -0.39 is 0 Å². The monoisotopic (exact) mass is 354 g/mol. The van der Waals surface area contributed by atoms with Crippen LogP contribution in [0.3, 0.4) is 0 Å². The van der Waals surface area contributed by atoms with Crippen molar-refractivity contribution in [2.24, 2.45) is 0 Å². The van der Waals surface area contributed by atoms with Gasteiger partial charge in [0.2, 0.25) is 5.91 Å². The van der Waals surface area contributed by atoms with Crippen LogP contribution in [0.4, 0.5) is 10.1 Å². The fourth-order valence-electron chi connectivity index (χ4n) is 3.11. The van der Waals surface area contributed by atoms with E-state index >= 15 is 0 Å². The highest BCUT2D eigenvalue weighted by molar-refractivity contribution is 5.95. The Kier molecular flexibility index (Phi) is 5.38. The Morgan fingerprint density at radius 3 is 2.62 bits per heavy atom. The number of phenols is 1. The largest absolute Gasteiger partial charge is 0.508 e. The van der Waals surface area contributed by atoms with Gasteiger partial charge in [0.25, 0.3) is 0 Å². The minimum atomic E-state index is -0.363. The molecule has 0 aliphatic carbocycles. The minimum absolute atomic E-state index is 0.139. The van der Waals surface area contributed by atoms with Gasteiger partial charge in [-0.3, -0.25) is 9.69 Å². The van der Waals surface area contributed by atoms with Crippen molar-refractivity contribution >= 4 is 17.2 Å². The van der Waals surface area contributed by atoms with Crippen LogP contribution in [0.1, 0.15) is 24.5 Å². The summed E-state index contributed by atoms with van der Waals surface area (Å²) >= 11 is 0. The third-order valence-corrected chi connectivity index (χ3v) is 4.86. The molecule has 2 aromatic carbocycles. The number of phenolic OH excluding ortho intramolecular Hbond substituents is 1. The fourth-order valence-corrected chi connectivity index (χ4v) is 3.11. The standard InChI is InChI=1S/C21H23FN2O2/c1-14-3-6-18(22)13-20(14)23-21(26)15(2)24-11-9-17(10-12-24)16-4-7-19(25)8-5-16/h3-9,13,15,25H,10-12H2,1-2H3,(H,23,26). The molecule has 0 fully saturated rings. The van der Waals surface area contributed by atoms with Gasteiger partial charge in [0.05, 0.1) is 6.04 Å². The van der Waals surface area contributed by atoms with Crippen LogP contribution in [0.5, 0.6) is 5.75 Å². The number of aromatic hydroxyl groups is 1. The maximum atomic E-state index is 13.4. The summed E-state index contributed by atoms with van der Waals surface area (Å²) in [5.74, 6) is -0.247. The van der Waals surface area contributed by atoms with E-state index in [1.807, 2.05) is 26.0 Å². The number of carbonyl (C=O) groups excluding carboxylic acids is 1. The van der Waals surface area contributed by atoms with Gasteiger partial charge in [0.1, 0.15) is 11.6 Å². The van der Waals surface area contributed by atoms with Crippen molar-refractivity contribution < 1.29 is 14.3 Å². The lowest BCUT2D eigenvalue weighted by Crippen LogP contribution is -2.44.